The van der Waals surface area contributed by atoms with E-state index in [1.807, 2.05) is 0 Å². The van der Waals surface area contributed by atoms with Gasteiger partial charge >= 0.3 is 139 Å². The molecule has 0 saturated carbocycles. The van der Waals surface area contributed by atoms with Gasteiger partial charge in [-0.25, -0.2) is 0 Å². The van der Waals surface area contributed by atoms with Crippen molar-refractivity contribution >= 4 is 13.9 Å². The van der Waals surface area contributed by atoms with Gasteiger partial charge in [-0.3, -0.25) is 0 Å². The summed E-state index contributed by atoms with van der Waals surface area (Å²) >= 11 is -0.319. The topological polar surface area (TPSA) is 0 Å². The summed E-state index contributed by atoms with van der Waals surface area (Å²) in [6, 6.07) is 18.6. The Bertz CT molecular complexity index is 638. The van der Waals surface area contributed by atoms with Crippen molar-refractivity contribution in [3.8, 4) is 0 Å². The van der Waals surface area contributed by atoms with Gasteiger partial charge in [0.05, 0.1) is 0 Å². The minimum absolute atomic E-state index is 0.309. The summed E-state index contributed by atoms with van der Waals surface area (Å²) in [5, 5.41) is 1.47. The van der Waals surface area contributed by atoms with Crippen molar-refractivity contribution in [2.45, 2.75) is 54.0 Å². The Morgan fingerprint density at radius 1 is 0.955 bits per heavy atom. The molecular weight excluding hydrogens is 331 g/mol. The van der Waals surface area contributed by atoms with Crippen LogP contribution in [0, 0.1) is 0 Å². The molecule has 3 aliphatic rings. The van der Waals surface area contributed by atoms with E-state index in [4.69, 9.17) is 0 Å². The zero-order chi connectivity index (χ0) is 15.2. The monoisotopic (exact) mass is 357 g/mol. The summed E-state index contributed by atoms with van der Waals surface area (Å²) in [7, 11) is 0. The Kier molecular flexibility index (Phi) is 3.67. The fourth-order valence-corrected chi connectivity index (χ4v) is 6.33. The molecule has 0 spiro atoms. The second-order valence-electron chi connectivity index (χ2n) is 7.14. The van der Waals surface area contributed by atoms with E-state index in [1.165, 1.54) is 31.0 Å². The maximum atomic E-state index is 2.47. The van der Waals surface area contributed by atoms with E-state index in [2.05, 4.69) is 60.2 Å². The standard InChI is InChI=1S/C21H25Se/c1-22(2)15-7-13-21-14-12-16(17-8-3-5-10-19(17)21)18-9-4-6-11-20(18)21/h3-6,8-11,16H,7,12-15H2,1-2H3/q+1. The van der Waals surface area contributed by atoms with Crippen LogP contribution in [-0.2, 0) is 5.41 Å². The minimum atomic E-state index is -0.319. The number of hydrogen-bond donors (Lipinski definition) is 0. The van der Waals surface area contributed by atoms with Crippen LogP contribution in [0.5, 0.6) is 0 Å². The van der Waals surface area contributed by atoms with E-state index in [0.29, 0.717) is 11.3 Å². The number of hydrogen-bond acceptors (Lipinski definition) is 0. The van der Waals surface area contributed by atoms with E-state index in [1.54, 1.807) is 22.3 Å². The average Bonchev–Trinajstić information content (AvgIpc) is 2.55. The quantitative estimate of drug-likeness (QED) is 0.612. The first-order valence-corrected chi connectivity index (χ1v) is 13.1. The third kappa shape index (κ3) is 2.10. The molecule has 0 saturated heterocycles. The third-order valence-corrected chi connectivity index (χ3v) is 8.04. The second-order valence-corrected chi connectivity index (χ2v) is 12.1. The fraction of sp³-hybridized carbons (Fsp3) is 0.429. The van der Waals surface area contributed by atoms with Gasteiger partial charge in [0.2, 0.25) is 0 Å². The van der Waals surface area contributed by atoms with Crippen molar-refractivity contribution in [2.24, 2.45) is 0 Å². The van der Waals surface area contributed by atoms with Crippen LogP contribution in [0.4, 0.5) is 0 Å². The molecule has 22 heavy (non-hydrogen) atoms. The molecule has 0 aromatic heterocycles. The molecule has 114 valence electrons. The van der Waals surface area contributed by atoms with Gasteiger partial charge in [-0.05, 0) is 0 Å². The molecule has 1 heteroatoms. The SMILES string of the molecule is C[Se+](C)CCCC12CCC(c3ccccc31)c1ccccc12. The van der Waals surface area contributed by atoms with Crippen molar-refractivity contribution in [1.82, 2.24) is 0 Å². The Labute approximate surface area is 138 Å². The van der Waals surface area contributed by atoms with Crippen molar-refractivity contribution in [3.63, 3.8) is 0 Å². The van der Waals surface area contributed by atoms with Gasteiger partial charge in [0.15, 0.2) is 0 Å². The average molecular weight is 356 g/mol. The van der Waals surface area contributed by atoms with E-state index in [-0.39, 0.29) is 13.9 Å². The van der Waals surface area contributed by atoms with E-state index >= 15 is 0 Å². The molecule has 3 aliphatic carbocycles. The zero-order valence-corrected chi connectivity index (χ0v) is 15.4. The predicted octanol–water partition coefficient (Wildman–Crippen LogP) is 5.75. The summed E-state index contributed by atoms with van der Waals surface area (Å²) in [5.41, 5.74) is 6.84. The van der Waals surface area contributed by atoms with Gasteiger partial charge in [0, 0.05) is 0 Å². The molecule has 0 amide bonds. The van der Waals surface area contributed by atoms with Gasteiger partial charge in [-0.15, -0.1) is 0 Å². The molecule has 0 unspecified atom stereocenters. The number of rotatable bonds is 4. The van der Waals surface area contributed by atoms with Crippen LogP contribution in [0.1, 0.15) is 53.9 Å². The van der Waals surface area contributed by atoms with E-state index in [0.717, 1.165) is 0 Å². The molecule has 0 fully saturated rings. The molecular formula is C21H25Se+. The van der Waals surface area contributed by atoms with Crippen LogP contribution in [-0.4, -0.2) is 13.9 Å². The van der Waals surface area contributed by atoms with Crippen LogP contribution >= 0.6 is 0 Å². The number of benzene rings is 2. The van der Waals surface area contributed by atoms with Gasteiger partial charge in [0.1, 0.15) is 0 Å². The predicted molar refractivity (Wildman–Crippen MR) is 96.3 cm³/mol. The summed E-state index contributed by atoms with van der Waals surface area (Å²) in [6.45, 7) is 0. The molecule has 0 aliphatic heterocycles. The normalized spacial score (nSPS) is 25.1. The van der Waals surface area contributed by atoms with Crippen molar-refractivity contribution < 1.29 is 0 Å². The Hall–Kier alpha value is -1.04. The first-order valence-electron chi connectivity index (χ1n) is 8.45. The fourth-order valence-electron chi connectivity index (χ4n) is 4.81. The van der Waals surface area contributed by atoms with Crippen LogP contribution in [0.15, 0.2) is 48.5 Å². The Balaban J connectivity index is 1.82. The molecule has 5 rings (SSSR count). The summed E-state index contributed by atoms with van der Waals surface area (Å²) in [6.07, 6.45) is 5.43. The maximum absolute atomic E-state index is 2.47. The molecule has 0 radical (unpaired) electrons. The molecule has 0 nitrogen and oxygen atoms in total. The zero-order valence-electron chi connectivity index (χ0n) is 13.6. The van der Waals surface area contributed by atoms with Crippen LogP contribution in [0.25, 0.3) is 0 Å². The Morgan fingerprint density at radius 3 is 2.14 bits per heavy atom. The van der Waals surface area contributed by atoms with E-state index in [9.17, 15) is 0 Å². The molecule has 0 N–H and O–H groups in total. The van der Waals surface area contributed by atoms with Gasteiger partial charge in [0.25, 0.3) is 0 Å². The van der Waals surface area contributed by atoms with Crippen LogP contribution < -0.4 is 0 Å². The van der Waals surface area contributed by atoms with Gasteiger partial charge in [-0.1, -0.05) is 0 Å². The molecule has 0 heterocycles. The third-order valence-electron chi connectivity index (χ3n) is 5.72. The first kappa shape index (κ1) is 14.5. The van der Waals surface area contributed by atoms with Gasteiger partial charge < -0.3 is 0 Å². The summed E-state index contributed by atoms with van der Waals surface area (Å²) in [4.78, 5) is 0. The van der Waals surface area contributed by atoms with Crippen molar-refractivity contribution in [3.05, 3.63) is 70.8 Å². The van der Waals surface area contributed by atoms with Crippen molar-refractivity contribution in [1.29, 1.82) is 0 Å². The van der Waals surface area contributed by atoms with Crippen LogP contribution in [0.3, 0.4) is 0 Å². The Morgan fingerprint density at radius 2 is 1.55 bits per heavy atom. The van der Waals surface area contributed by atoms with Crippen molar-refractivity contribution in [2.75, 3.05) is 0 Å². The molecule has 2 aromatic carbocycles. The second kappa shape index (κ2) is 5.55. The first-order chi connectivity index (χ1) is 10.7. The molecule has 0 atom stereocenters. The van der Waals surface area contributed by atoms with E-state index < -0.39 is 0 Å². The number of fused-ring (bicyclic) bond motifs is 1. The summed E-state index contributed by atoms with van der Waals surface area (Å²) < 4.78 is 0. The summed E-state index contributed by atoms with van der Waals surface area (Å²) in [5.74, 6) is 5.59. The molecule has 2 bridgehead atoms. The molecule has 2 aromatic rings. The van der Waals surface area contributed by atoms with Gasteiger partial charge in [-0.2, -0.15) is 0 Å². The van der Waals surface area contributed by atoms with Crippen LogP contribution in [0.2, 0.25) is 17.0 Å².